The molecule has 1 aliphatic heterocycles. The first kappa shape index (κ1) is 7.53. The quantitative estimate of drug-likeness (QED) is 0.482. The molecule has 48 valence electrons. The molecule has 8 heavy (non-hydrogen) atoms. The predicted molar refractivity (Wildman–Crippen MR) is 52.9 cm³/mol. The molecule has 1 saturated heterocycles. The first-order chi connectivity index (χ1) is 3.60. The Bertz CT molecular complexity index is 92.4. The molecule has 0 spiro atoms. The highest BCUT2D eigenvalue weighted by atomic mass is 127. The number of hydrogen-bond acceptors (Lipinski definition) is 1. The fourth-order valence-corrected chi connectivity index (χ4v) is 2.55. The Hall–Kier alpha value is 1.42. The Morgan fingerprint density at radius 1 is 1.50 bits per heavy atom. The Balaban J connectivity index is 2.44. The van der Waals surface area contributed by atoms with Crippen molar-refractivity contribution in [3.63, 3.8) is 0 Å². The summed E-state index contributed by atoms with van der Waals surface area (Å²) in [6.45, 7) is 2.51. The largest absolute Gasteiger partial charge is 0.304 e. The third-order valence-electron chi connectivity index (χ3n) is 1.36. The molecular formula is C5H9I2N. The van der Waals surface area contributed by atoms with Crippen molar-refractivity contribution < 1.29 is 0 Å². The van der Waals surface area contributed by atoms with Gasteiger partial charge in [-0.2, -0.15) is 0 Å². The van der Waals surface area contributed by atoms with E-state index in [-0.39, 0.29) is 0 Å². The molecule has 0 unspecified atom stereocenters. The molecular weight excluding hydrogens is 328 g/mol. The molecule has 0 aromatic heterocycles. The number of nitrogens with zero attached hydrogens (tertiary/aromatic N) is 1. The molecule has 0 amide bonds. The summed E-state index contributed by atoms with van der Waals surface area (Å²) in [5.41, 5.74) is 0. The van der Waals surface area contributed by atoms with Gasteiger partial charge in [-0.25, -0.2) is 0 Å². The summed E-state index contributed by atoms with van der Waals surface area (Å²) in [6.07, 6.45) is 1.34. The summed E-state index contributed by atoms with van der Waals surface area (Å²) in [5, 5.41) is 0. The van der Waals surface area contributed by atoms with E-state index in [1.807, 2.05) is 0 Å². The van der Waals surface area contributed by atoms with Crippen molar-refractivity contribution in [3.8, 4) is 0 Å². The maximum absolute atomic E-state index is 2.53. The summed E-state index contributed by atoms with van der Waals surface area (Å²) >= 11 is 5.05. The van der Waals surface area contributed by atoms with Crippen molar-refractivity contribution in [3.05, 3.63) is 0 Å². The molecule has 1 aliphatic rings. The zero-order valence-corrected chi connectivity index (χ0v) is 9.14. The van der Waals surface area contributed by atoms with E-state index < -0.39 is 0 Å². The van der Waals surface area contributed by atoms with E-state index in [0.29, 0.717) is 1.43 Å². The topological polar surface area (TPSA) is 3.24 Å². The number of rotatable bonds is 0. The van der Waals surface area contributed by atoms with Gasteiger partial charge >= 0.3 is 0 Å². The van der Waals surface area contributed by atoms with Crippen LogP contribution >= 0.6 is 45.2 Å². The van der Waals surface area contributed by atoms with Crippen molar-refractivity contribution >= 4 is 45.2 Å². The minimum atomic E-state index is 0.532. The van der Waals surface area contributed by atoms with Crippen LogP contribution in [-0.2, 0) is 0 Å². The monoisotopic (exact) mass is 337 g/mol. The molecule has 0 atom stereocenters. The summed E-state index contributed by atoms with van der Waals surface area (Å²) < 4.78 is 0.532. The van der Waals surface area contributed by atoms with Gasteiger partial charge in [0, 0.05) is 6.54 Å². The van der Waals surface area contributed by atoms with Crippen LogP contribution in [0.25, 0.3) is 0 Å². The molecule has 0 aromatic rings. The van der Waals surface area contributed by atoms with Gasteiger partial charge in [-0.05, 0) is 20.0 Å². The van der Waals surface area contributed by atoms with Gasteiger partial charge in [0.25, 0.3) is 0 Å². The van der Waals surface area contributed by atoms with Gasteiger partial charge in [0.2, 0.25) is 0 Å². The van der Waals surface area contributed by atoms with E-state index in [2.05, 4.69) is 57.1 Å². The Kier molecular flexibility index (Phi) is 2.42. The summed E-state index contributed by atoms with van der Waals surface area (Å²) in [6, 6.07) is 0. The summed E-state index contributed by atoms with van der Waals surface area (Å²) in [4.78, 5) is 2.37. The van der Waals surface area contributed by atoms with Crippen LogP contribution < -0.4 is 0 Å². The maximum Gasteiger partial charge on any atom is 0.0872 e. The van der Waals surface area contributed by atoms with Crippen LogP contribution in [-0.4, -0.2) is 26.5 Å². The van der Waals surface area contributed by atoms with Gasteiger partial charge in [-0.3, -0.25) is 0 Å². The van der Waals surface area contributed by atoms with E-state index in [0.717, 1.165) is 0 Å². The van der Waals surface area contributed by atoms with Gasteiger partial charge < -0.3 is 4.90 Å². The van der Waals surface area contributed by atoms with Crippen LogP contribution in [0.5, 0.6) is 0 Å². The molecule has 1 heterocycles. The van der Waals surface area contributed by atoms with Crippen LogP contribution in [0.15, 0.2) is 0 Å². The fourth-order valence-electron chi connectivity index (χ4n) is 0.907. The number of hydrogen-bond donors (Lipinski definition) is 0. The summed E-state index contributed by atoms with van der Waals surface area (Å²) in [5.74, 6) is 0. The minimum absolute atomic E-state index is 0.532. The molecule has 1 nitrogen and oxygen atoms in total. The minimum Gasteiger partial charge on any atom is -0.304 e. The zero-order chi connectivity index (χ0) is 6.20. The lowest BCUT2D eigenvalue weighted by atomic mass is 10.4. The van der Waals surface area contributed by atoms with Crippen LogP contribution in [0.1, 0.15) is 6.42 Å². The van der Waals surface area contributed by atoms with Gasteiger partial charge in [0.15, 0.2) is 0 Å². The molecule has 1 rings (SSSR count). The third kappa shape index (κ3) is 1.98. The van der Waals surface area contributed by atoms with E-state index in [4.69, 9.17) is 0 Å². The molecule has 0 radical (unpaired) electrons. The Morgan fingerprint density at radius 3 is 2.25 bits per heavy atom. The lowest BCUT2D eigenvalue weighted by Gasteiger charge is -2.11. The van der Waals surface area contributed by atoms with Crippen molar-refractivity contribution in [1.82, 2.24) is 4.90 Å². The Labute approximate surface area is 77.5 Å². The van der Waals surface area contributed by atoms with Gasteiger partial charge in [0.05, 0.1) is 1.43 Å². The molecule has 0 N–H and O–H groups in total. The Morgan fingerprint density at radius 2 is 2.12 bits per heavy atom. The smallest absolute Gasteiger partial charge is 0.0872 e. The lowest BCUT2D eigenvalue weighted by molar-refractivity contribution is 0.419. The van der Waals surface area contributed by atoms with E-state index in [1.165, 1.54) is 19.5 Å². The van der Waals surface area contributed by atoms with E-state index >= 15 is 0 Å². The van der Waals surface area contributed by atoms with Crippen molar-refractivity contribution in [2.75, 3.05) is 20.1 Å². The average molecular weight is 337 g/mol. The van der Waals surface area contributed by atoms with Crippen LogP contribution in [0.2, 0.25) is 0 Å². The molecule has 3 heteroatoms. The normalized spacial score (nSPS) is 28.9. The number of halogens is 2. The molecule has 0 saturated carbocycles. The standard InChI is InChI=1S/C5H9I2N/c1-8-3-2-5(6,7)4-8/h2-4H2,1H3. The highest BCUT2D eigenvalue weighted by Gasteiger charge is 2.30. The molecule has 0 aromatic carbocycles. The fraction of sp³-hybridized carbons (Fsp3) is 1.00. The van der Waals surface area contributed by atoms with Crippen molar-refractivity contribution in [2.24, 2.45) is 0 Å². The first-order valence-electron chi connectivity index (χ1n) is 2.66. The molecule has 1 fully saturated rings. The van der Waals surface area contributed by atoms with Gasteiger partial charge in [-0.15, -0.1) is 0 Å². The maximum atomic E-state index is 2.53. The molecule has 0 aliphatic carbocycles. The van der Waals surface area contributed by atoms with Crippen molar-refractivity contribution in [2.45, 2.75) is 7.85 Å². The van der Waals surface area contributed by atoms with E-state index in [1.54, 1.807) is 0 Å². The highest BCUT2D eigenvalue weighted by molar-refractivity contribution is 14.2. The SMILES string of the molecule is CN1CCC(I)(I)C1. The van der Waals surface area contributed by atoms with Crippen molar-refractivity contribution in [1.29, 1.82) is 0 Å². The second kappa shape index (κ2) is 2.57. The zero-order valence-electron chi connectivity index (χ0n) is 4.82. The predicted octanol–water partition coefficient (Wildman–Crippen LogP) is 1.89. The first-order valence-corrected chi connectivity index (χ1v) is 4.82. The lowest BCUT2D eigenvalue weighted by Crippen LogP contribution is -2.18. The third-order valence-corrected chi connectivity index (χ3v) is 3.12. The van der Waals surface area contributed by atoms with Crippen LogP contribution in [0.3, 0.4) is 0 Å². The average Bonchev–Trinajstić information content (AvgIpc) is 1.82. The number of likely N-dealkylation sites (tertiary alicyclic amines) is 1. The van der Waals surface area contributed by atoms with E-state index in [9.17, 15) is 0 Å². The van der Waals surface area contributed by atoms with Gasteiger partial charge in [-0.1, -0.05) is 45.2 Å². The van der Waals surface area contributed by atoms with Gasteiger partial charge in [0.1, 0.15) is 0 Å². The second-order valence-electron chi connectivity index (χ2n) is 2.34. The summed E-state index contributed by atoms with van der Waals surface area (Å²) in [7, 11) is 2.18. The second-order valence-corrected chi connectivity index (χ2v) is 8.54. The van der Waals surface area contributed by atoms with Crippen LogP contribution in [0.4, 0.5) is 0 Å². The number of alkyl halides is 2. The molecule has 0 bridgehead atoms. The van der Waals surface area contributed by atoms with Crippen LogP contribution in [0, 0.1) is 0 Å². The highest BCUT2D eigenvalue weighted by Crippen LogP contribution is 2.36.